The minimum atomic E-state index is -3.87. The Kier molecular flexibility index (Phi) is 6.18. The van der Waals surface area contributed by atoms with Crippen LogP contribution in [0.1, 0.15) is 28.4 Å². The number of amides is 1. The van der Waals surface area contributed by atoms with Crippen LogP contribution in [0, 0.1) is 19.7 Å². The summed E-state index contributed by atoms with van der Waals surface area (Å²) in [5.74, 6) is -0.931. The average molecular weight is 484 g/mol. The van der Waals surface area contributed by atoms with Crippen molar-refractivity contribution in [3.63, 3.8) is 0 Å². The third kappa shape index (κ3) is 4.74. The molecule has 0 aliphatic rings. The molecule has 3 aromatic carbocycles. The van der Waals surface area contributed by atoms with Crippen LogP contribution in [0.2, 0.25) is 0 Å². The number of hydrogen-bond donors (Lipinski definition) is 1. The predicted molar refractivity (Wildman–Crippen MR) is 129 cm³/mol. The van der Waals surface area contributed by atoms with Crippen molar-refractivity contribution in [3.8, 4) is 0 Å². The summed E-state index contributed by atoms with van der Waals surface area (Å²) in [6.07, 6.45) is 0. The number of nitrogens with zero attached hydrogens (tertiary/aromatic N) is 2. The van der Waals surface area contributed by atoms with Gasteiger partial charge in [-0.2, -0.15) is 4.99 Å². The second kappa shape index (κ2) is 8.92. The highest BCUT2D eigenvalue weighted by atomic mass is 32.2. The standard InChI is InChI=1S/C24H22FN3O3S2/c1-4-28-21-13-15(2)16(3)14-22(21)32-24(28)26-23(29)17-5-9-19(10-6-17)27-33(30,31)20-11-7-18(25)8-12-20/h5-14,27H,4H2,1-3H3. The molecule has 0 unspecified atom stereocenters. The third-order valence-electron chi connectivity index (χ3n) is 5.32. The van der Waals surface area contributed by atoms with Crippen molar-refractivity contribution in [1.29, 1.82) is 0 Å². The molecule has 170 valence electrons. The van der Waals surface area contributed by atoms with Gasteiger partial charge in [0, 0.05) is 17.8 Å². The van der Waals surface area contributed by atoms with Crippen molar-refractivity contribution in [1.82, 2.24) is 4.57 Å². The molecule has 0 aliphatic heterocycles. The molecule has 0 aliphatic carbocycles. The molecule has 1 N–H and O–H groups in total. The van der Waals surface area contributed by atoms with Crippen LogP contribution in [0.5, 0.6) is 0 Å². The van der Waals surface area contributed by atoms with Gasteiger partial charge in [-0.3, -0.25) is 9.52 Å². The molecular formula is C24H22FN3O3S2. The Morgan fingerprint density at radius 2 is 1.67 bits per heavy atom. The molecule has 33 heavy (non-hydrogen) atoms. The van der Waals surface area contributed by atoms with Crippen LogP contribution >= 0.6 is 11.3 Å². The first-order valence-corrected chi connectivity index (χ1v) is 12.6. The summed E-state index contributed by atoms with van der Waals surface area (Å²) in [6.45, 7) is 6.80. The molecule has 0 atom stereocenters. The second-order valence-electron chi connectivity index (χ2n) is 7.59. The molecule has 0 spiro atoms. The zero-order valence-electron chi connectivity index (χ0n) is 18.3. The number of thiazole rings is 1. The Bertz CT molecular complexity index is 1520. The molecule has 1 heterocycles. The quantitative estimate of drug-likeness (QED) is 0.433. The lowest BCUT2D eigenvalue weighted by atomic mass is 10.1. The highest BCUT2D eigenvalue weighted by molar-refractivity contribution is 7.92. The fraction of sp³-hybridized carbons (Fsp3) is 0.167. The van der Waals surface area contributed by atoms with Gasteiger partial charge in [-0.1, -0.05) is 11.3 Å². The number of anilines is 1. The van der Waals surface area contributed by atoms with Gasteiger partial charge in [0.05, 0.1) is 15.1 Å². The van der Waals surface area contributed by atoms with Crippen molar-refractivity contribution in [3.05, 3.63) is 88.0 Å². The Morgan fingerprint density at radius 3 is 2.30 bits per heavy atom. The maximum atomic E-state index is 13.1. The van der Waals surface area contributed by atoms with E-state index in [4.69, 9.17) is 0 Å². The van der Waals surface area contributed by atoms with Gasteiger partial charge in [0.25, 0.3) is 15.9 Å². The highest BCUT2D eigenvalue weighted by Gasteiger charge is 2.15. The largest absolute Gasteiger partial charge is 0.317 e. The van der Waals surface area contributed by atoms with Gasteiger partial charge < -0.3 is 4.57 Å². The van der Waals surface area contributed by atoms with Gasteiger partial charge in [0.1, 0.15) is 5.82 Å². The van der Waals surface area contributed by atoms with E-state index in [0.717, 1.165) is 22.3 Å². The molecule has 9 heteroatoms. The molecule has 0 saturated carbocycles. The number of aromatic nitrogens is 1. The molecule has 0 fully saturated rings. The van der Waals surface area contributed by atoms with E-state index < -0.39 is 21.7 Å². The van der Waals surface area contributed by atoms with Crippen LogP contribution in [0.3, 0.4) is 0 Å². The average Bonchev–Trinajstić information content (AvgIpc) is 3.10. The Balaban J connectivity index is 1.60. The van der Waals surface area contributed by atoms with E-state index in [1.807, 2.05) is 11.5 Å². The topological polar surface area (TPSA) is 80.5 Å². The lowest BCUT2D eigenvalue weighted by molar-refractivity contribution is 0.0998. The number of rotatable bonds is 5. The van der Waals surface area contributed by atoms with Gasteiger partial charge in [0.2, 0.25) is 0 Å². The molecule has 0 bridgehead atoms. The summed E-state index contributed by atoms with van der Waals surface area (Å²) in [4.78, 5) is 17.7. The van der Waals surface area contributed by atoms with Gasteiger partial charge in [-0.05, 0) is 92.6 Å². The number of carbonyl (C=O) groups is 1. The first-order chi connectivity index (χ1) is 15.7. The third-order valence-corrected chi connectivity index (χ3v) is 7.76. The zero-order valence-corrected chi connectivity index (χ0v) is 19.9. The first-order valence-electron chi connectivity index (χ1n) is 10.3. The van der Waals surface area contributed by atoms with Crippen LogP contribution in [0.25, 0.3) is 10.2 Å². The summed E-state index contributed by atoms with van der Waals surface area (Å²) in [5.41, 5.74) is 4.03. The summed E-state index contributed by atoms with van der Waals surface area (Å²) in [5, 5.41) is 0. The Morgan fingerprint density at radius 1 is 1.03 bits per heavy atom. The number of benzene rings is 3. The van der Waals surface area contributed by atoms with Gasteiger partial charge in [-0.15, -0.1) is 0 Å². The summed E-state index contributed by atoms with van der Waals surface area (Å²) >= 11 is 1.46. The van der Waals surface area contributed by atoms with Crippen LogP contribution in [-0.2, 0) is 16.6 Å². The maximum absolute atomic E-state index is 13.1. The number of nitrogens with one attached hydrogen (secondary N) is 1. The van der Waals surface area contributed by atoms with Crippen molar-refractivity contribution < 1.29 is 17.6 Å². The van der Waals surface area contributed by atoms with E-state index >= 15 is 0 Å². The van der Waals surface area contributed by atoms with E-state index in [1.165, 1.54) is 58.9 Å². The zero-order chi connectivity index (χ0) is 23.8. The van der Waals surface area contributed by atoms with Crippen LogP contribution < -0.4 is 9.52 Å². The monoisotopic (exact) mass is 483 g/mol. The molecule has 1 amide bonds. The molecule has 6 nitrogen and oxygen atoms in total. The maximum Gasteiger partial charge on any atom is 0.279 e. The van der Waals surface area contributed by atoms with Gasteiger partial charge >= 0.3 is 0 Å². The number of halogens is 1. The van der Waals surface area contributed by atoms with Crippen LogP contribution in [-0.4, -0.2) is 18.9 Å². The first kappa shape index (κ1) is 22.9. The fourth-order valence-corrected chi connectivity index (χ4v) is 5.60. The Hall–Kier alpha value is -3.30. The van der Waals surface area contributed by atoms with E-state index in [9.17, 15) is 17.6 Å². The number of hydrogen-bond acceptors (Lipinski definition) is 4. The Labute approximate surface area is 195 Å². The van der Waals surface area contributed by atoms with E-state index in [2.05, 4.69) is 35.7 Å². The molecule has 0 radical (unpaired) electrons. The minimum absolute atomic E-state index is 0.0570. The lowest BCUT2D eigenvalue weighted by Crippen LogP contribution is -2.16. The van der Waals surface area contributed by atoms with E-state index in [0.29, 0.717) is 16.9 Å². The molecule has 1 aromatic heterocycles. The fourth-order valence-electron chi connectivity index (χ4n) is 3.37. The van der Waals surface area contributed by atoms with E-state index in [-0.39, 0.29) is 10.6 Å². The lowest BCUT2D eigenvalue weighted by Gasteiger charge is -2.08. The number of fused-ring (bicyclic) bond motifs is 1. The molecule has 4 aromatic rings. The van der Waals surface area contributed by atoms with Gasteiger partial charge in [0.15, 0.2) is 4.80 Å². The van der Waals surface area contributed by atoms with Crippen molar-refractivity contribution >= 4 is 43.2 Å². The number of sulfonamides is 1. The predicted octanol–water partition coefficient (Wildman–Crippen LogP) is 5.02. The minimum Gasteiger partial charge on any atom is -0.317 e. The number of aryl methyl sites for hydroxylation is 3. The number of carbonyl (C=O) groups excluding carboxylic acids is 1. The second-order valence-corrected chi connectivity index (χ2v) is 10.3. The van der Waals surface area contributed by atoms with Crippen LogP contribution in [0.4, 0.5) is 10.1 Å². The summed E-state index contributed by atoms with van der Waals surface area (Å²) in [6, 6.07) is 14.8. The SMILES string of the molecule is CCn1c(=NC(=O)c2ccc(NS(=O)(=O)c3ccc(F)cc3)cc2)sc2cc(C)c(C)cc21. The van der Waals surface area contributed by atoms with Crippen molar-refractivity contribution in [2.75, 3.05) is 4.72 Å². The van der Waals surface area contributed by atoms with Crippen molar-refractivity contribution in [2.24, 2.45) is 4.99 Å². The smallest absolute Gasteiger partial charge is 0.279 e. The molecular weight excluding hydrogens is 461 g/mol. The summed E-state index contributed by atoms with van der Waals surface area (Å²) in [7, 11) is -3.87. The highest BCUT2D eigenvalue weighted by Crippen LogP contribution is 2.22. The van der Waals surface area contributed by atoms with Crippen LogP contribution in [0.15, 0.2) is 70.6 Å². The van der Waals surface area contributed by atoms with Crippen molar-refractivity contribution in [2.45, 2.75) is 32.2 Å². The summed E-state index contributed by atoms with van der Waals surface area (Å²) < 4.78 is 43.5. The normalized spacial score (nSPS) is 12.3. The molecule has 4 rings (SSSR count). The van der Waals surface area contributed by atoms with Gasteiger partial charge in [-0.25, -0.2) is 12.8 Å². The molecule has 0 saturated heterocycles. The van der Waals surface area contributed by atoms with E-state index in [1.54, 1.807) is 0 Å².